The van der Waals surface area contributed by atoms with E-state index in [9.17, 15) is 20.4 Å². The molecule has 4 N–H and O–H groups in total. The van der Waals surface area contributed by atoms with Gasteiger partial charge in [-0.2, -0.15) is 0 Å². The molecule has 2 fully saturated rings. The number of hydrogen-bond acceptors (Lipinski definition) is 4. The van der Waals surface area contributed by atoms with Gasteiger partial charge in [0.1, 0.15) is 0 Å². The SMILES string of the molecule is C=C1CC[C@@H](O)[C@@]2(C)C[C@@H](O)CC(C)(C)C[C@@H]2/C(C)=C\C[C@H](O)[C@@]2(C)C[C@@H](O)CC(C)(C)C[C@H]12. The van der Waals surface area contributed by atoms with Crippen molar-refractivity contribution in [3.8, 4) is 0 Å². The van der Waals surface area contributed by atoms with E-state index >= 15 is 0 Å². The van der Waals surface area contributed by atoms with Crippen LogP contribution in [0.4, 0.5) is 0 Å². The van der Waals surface area contributed by atoms with Crippen LogP contribution in [0.1, 0.15) is 106 Å². The number of fused-ring (bicyclic) bond motifs is 2. The first-order chi connectivity index (χ1) is 15.5. The Morgan fingerprint density at radius 1 is 0.706 bits per heavy atom. The summed E-state index contributed by atoms with van der Waals surface area (Å²) in [6.07, 6.45) is 6.44. The maximum Gasteiger partial charge on any atom is 0.0634 e. The van der Waals surface area contributed by atoms with Gasteiger partial charge in [0.25, 0.3) is 0 Å². The van der Waals surface area contributed by atoms with Gasteiger partial charge in [-0.1, -0.05) is 65.3 Å². The summed E-state index contributed by atoms with van der Waals surface area (Å²) in [6.45, 7) is 19.8. The molecule has 0 aromatic carbocycles. The summed E-state index contributed by atoms with van der Waals surface area (Å²) < 4.78 is 0. The van der Waals surface area contributed by atoms with E-state index in [2.05, 4.69) is 61.1 Å². The summed E-state index contributed by atoms with van der Waals surface area (Å²) in [5.74, 6) is 0.217. The van der Waals surface area contributed by atoms with Crippen molar-refractivity contribution in [1.29, 1.82) is 0 Å². The van der Waals surface area contributed by atoms with Crippen LogP contribution in [0.3, 0.4) is 0 Å². The predicted octanol–water partition coefficient (Wildman–Crippen LogP) is 5.78. The molecular formula is C30H52O4. The molecule has 3 aliphatic carbocycles. The monoisotopic (exact) mass is 476 g/mol. The second-order valence-electron chi connectivity index (χ2n) is 14.4. The Balaban J connectivity index is 2.07. The van der Waals surface area contributed by atoms with Crippen molar-refractivity contribution in [3.63, 3.8) is 0 Å². The molecule has 2 saturated carbocycles. The van der Waals surface area contributed by atoms with Crippen LogP contribution in [-0.2, 0) is 0 Å². The van der Waals surface area contributed by atoms with Gasteiger partial charge in [-0.05, 0) is 87.4 Å². The maximum absolute atomic E-state index is 11.6. The fraction of sp³-hybridized carbons (Fsp3) is 0.867. The summed E-state index contributed by atoms with van der Waals surface area (Å²) >= 11 is 0. The first kappa shape index (κ1) is 27.9. The lowest BCUT2D eigenvalue weighted by Crippen LogP contribution is -2.44. The molecule has 0 saturated heterocycles. The lowest BCUT2D eigenvalue weighted by atomic mass is 9.61. The quantitative estimate of drug-likeness (QED) is 0.334. The summed E-state index contributed by atoms with van der Waals surface area (Å²) in [4.78, 5) is 0. The number of allylic oxidation sites excluding steroid dienone is 2. The largest absolute Gasteiger partial charge is 0.393 e. The van der Waals surface area contributed by atoms with Gasteiger partial charge in [0, 0.05) is 10.8 Å². The molecule has 4 heteroatoms. The van der Waals surface area contributed by atoms with E-state index in [1.54, 1.807) is 0 Å². The third-order valence-electron chi connectivity index (χ3n) is 10.00. The average Bonchev–Trinajstić information content (AvgIpc) is 2.85. The number of hydrogen-bond donors (Lipinski definition) is 4. The second-order valence-corrected chi connectivity index (χ2v) is 14.4. The van der Waals surface area contributed by atoms with Crippen LogP contribution >= 0.6 is 0 Å². The average molecular weight is 477 g/mol. The molecule has 0 radical (unpaired) electrons. The molecule has 4 nitrogen and oxygen atoms in total. The van der Waals surface area contributed by atoms with E-state index in [1.165, 1.54) is 5.57 Å². The van der Waals surface area contributed by atoms with Gasteiger partial charge >= 0.3 is 0 Å². The van der Waals surface area contributed by atoms with Crippen molar-refractivity contribution < 1.29 is 20.4 Å². The highest BCUT2D eigenvalue weighted by atomic mass is 16.3. The van der Waals surface area contributed by atoms with E-state index in [-0.39, 0.29) is 22.7 Å². The van der Waals surface area contributed by atoms with Gasteiger partial charge < -0.3 is 20.4 Å². The van der Waals surface area contributed by atoms with Gasteiger partial charge in [-0.15, -0.1) is 0 Å². The highest BCUT2D eigenvalue weighted by Gasteiger charge is 2.50. The van der Waals surface area contributed by atoms with E-state index in [1.807, 2.05) is 0 Å². The summed E-state index contributed by atoms with van der Waals surface area (Å²) in [5.41, 5.74) is 1.33. The lowest BCUT2D eigenvalue weighted by molar-refractivity contribution is -0.0377. The first-order valence-corrected chi connectivity index (χ1v) is 13.6. The van der Waals surface area contributed by atoms with Crippen molar-refractivity contribution in [2.45, 2.75) is 131 Å². The fourth-order valence-corrected chi connectivity index (χ4v) is 8.02. The molecule has 0 unspecified atom stereocenters. The highest BCUT2D eigenvalue weighted by Crippen LogP contribution is 2.55. The smallest absolute Gasteiger partial charge is 0.0634 e. The summed E-state index contributed by atoms with van der Waals surface area (Å²) in [7, 11) is 0. The molecule has 0 aromatic rings. The zero-order chi connectivity index (χ0) is 25.7. The molecule has 0 aliphatic heterocycles. The zero-order valence-electron chi connectivity index (χ0n) is 22.9. The van der Waals surface area contributed by atoms with Gasteiger partial charge in [-0.3, -0.25) is 0 Å². The molecule has 0 heterocycles. The summed E-state index contributed by atoms with van der Waals surface area (Å²) in [6, 6.07) is 0. The molecule has 196 valence electrons. The standard InChI is InChI=1S/C30H52O4/c1-19-9-11-25(33)30(8)16-22(32)14-28(5,6)18-24(30)20(2)10-12-26(34)29(7)15-21(31)13-27(3,4)17-23(19)29/h10,21-26,31-34H,1,9,11-18H2,2-8H3/b20-10-/t21-,22-,23+,24+,25+,26-,29-,30-/m0/s1. The lowest BCUT2D eigenvalue weighted by Gasteiger charge is -2.46. The molecule has 0 aromatic heterocycles. The zero-order valence-corrected chi connectivity index (χ0v) is 22.9. The van der Waals surface area contributed by atoms with Gasteiger partial charge in [0.2, 0.25) is 0 Å². The van der Waals surface area contributed by atoms with E-state index < -0.39 is 35.2 Å². The van der Waals surface area contributed by atoms with E-state index in [0.717, 1.165) is 31.3 Å². The Hall–Kier alpha value is -0.680. The van der Waals surface area contributed by atoms with Gasteiger partial charge in [-0.25, -0.2) is 0 Å². The molecule has 8 atom stereocenters. The maximum atomic E-state index is 11.6. The van der Waals surface area contributed by atoms with Crippen LogP contribution in [0.15, 0.2) is 23.8 Å². The minimum absolute atomic E-state index is 0.0238. The molecule has 0 spiro atoms. The Morgan fingerprint density at radius 2 is 1.18 bits per heavy atom. The van der Waals surface area contributed by atoms with Crippen molar-refractivity contribution in [2.75, 3.05) is 0 Å². The van der Waals surface area contributed by atoms with Crippen LogP contribution in [0, 0.1) is 33.5 Å². The van der Waals surface area contributed by atoms with Gasteiger partial charge in [0.05, 0.1) is 24.4 Å². The second kappa shape index (κ2) is 9.65. The highest BCUT2D eigenvalue weighted by molar-refractivity contribution is 5.18. The Kier molecular flexibility index (Phi) is 7.92. The Bertz CT molecular complexity index is 783. The molecule has 0 bridgehead atoms. The van der Waals surface area contributed by atoms with Crippen LogP contribution in [0.25, 0.3) is 0 Å². The van der Waals surface area contributed by atoms with Crippen molar-refractivity contribution in [1.82, 2.24) is 0 Å². The minimum atomic E-state index is -0.576. The third-order valence-corrected chi connectivity index (χ3v) is 10.00. The minimum Gasteiger partial charge on any atom is -0.393 e. The normalized spacial score (nSPS) is 47.5. The first-order valence-electron chi connectivity index (χ1n) is 13.6. The molecule has 34 heavy (non-hydrogen) atoms. The molecule has 0 amide bonds. The predicted molar refractivity (Wildman–Crippen MR) is 139 cm³/mol. The van der Waals surface area contributed by atoms with Crippen molar-refractivity contribution in [2.24, 2.45) is 33.5 Å². The van der Waals surface area contributed by atoms with Crippen LogP contribution in [-0.4, -0.2) is 44.8 Å². The molecule has 3 rings (SSSR count). The van der Waals surface area contributed by atoms with Crippen LogP contribution in [0.2, 0.25) is 0 Å². The summed E-state index contributed by atoms with van der Waals surface area (Å²) in [5, 5.41) is 45.1. The Labute approximate surface area is 208 Å². The van der Waals surface area contributed by atoms with E-state index in [0.29, 0.717) is 32.1 Å². The fourth-order valence-electron chi connectivity index (χ4n) is 8.02. The van der Waals surface area contributed by atoms with E-state index in [4.69, 9.17) is 0 Å². The molecular weight excluding hydrogens is 424 g/mol. The number of aliphatic hydroxyl groups is 4. The van der Waals surface area contributed by atoms with Crippen molar-refractivity contribution in [3.05, 3.63) is 23.8 Å². The van der Waals surface area contributed by atoms with Gasteiger partial charge in [0.15, 0.2) is 0 Å². The van der Waals surface area contributed by atoms with Crippen molar-refractivity contribution >= 4 is 0 Å². The number of aliphatic hydroxyl groups excluding tert-OH is 4. The molecule has 3 aliphatic rings. The van der Waals surface area contributed by atoms with Crippen LogP contribution < -0.4 is 0 Å². The number of rotatable bonds is 0. The topological polar surface area (TPSA) is 80.9 Å². The third kappa shape index (κ3) is 5.66. The Morgan fingerprint density at radius 3 is 1.71 bits per heavy atom. The van der Waals surface area contributed by atoms with Crippen LogP contribution in [0.5, 0.6) is 0 Å².